The van der Waals surface area contributed by atoms with E-state index in [4.69, 9.17) is 14.9 Å². The van der Waals surface area contributed by atoms with E-state index in [1.165, 1.54) is 0 Å². The van der Waals surface area contributed by atoms with Gasteiger partial charge in [0.2, 0.25) is 0 Å². The van der Waals surface area contributed by atoms with Crippen molar-refractivity contribution in [3.63, 3.8) is 0 Å². The van der Waals surface area contributed by atoms with Crippen molar-refractivity contribution in [2.45, 2.75) is 85.9 Å². The van der Waals surface area contributed by atoms with Crippen molar-refractivity contribution in [2.24, 2.45) is 11.3 Å². The Morgan fingerprint density at radius 2 is 1.80 bits per heavy atom. The molecule has 0 aromatic heterocycles. The molecule has 0 aliphatic carbocycles. The van der Waals surface area contributed by atoms with Crippen molar-refractivity contribution in [1.82, 2.24) is 0 Å². The van der Waals surface area contributed by atoms with Gasteiger partial charge in [-0.05, 0) is 26.7 Å². The maximum atomic E-state index is 10.2. The average molecular weight is 288 g/mol. The summed E-state index contributed by atoms with van der Waals surface area (Å²) in [6.45, 7) is 14.6. The molecular weight excluding hydrogens is 256 g/mol. The molecular formula is C16H32O4. The molecule has 1 rings (SSSR count). The first-order valence-corrected chi connectivity index (χ1v) is 7.64. The summed E-state index contributed by atoms with van der Waals surface area (Å²) in [5.41, 5.74) is -0.0561. The molecule has 1 aliphatic rings. The van der Waals surface area contributed by atoms with Gasteiger partial charge in [0.1, 0.15) is 5.60 Å². The average Bonchev–Trinajstić information content (AvgIpc) is 2.52. The number of hydrogen-bond donors (Lipinski definition) is 1. The lowest BCUT2D eigenvalue weighted by molar-refractivity contribution is -0.316. The molecule has 1 aliphatic heterocycles. The van der Waals surface area contributed by atoms with Gasteiger partial charge in [-0.3, -0.25) is 4.79 Å². The summed E-state index contributed by atoms with van der Waals surface area (Å²) in [5, 5.41) is 8.44. The van der Waals surface area contributed by atoms with E-state index in [-0.39, 0.29) is 17.1 Å². The predicted octanol–water partition coefficient (Wildman–Crippen LogP) is 4.43. The highest BCUT2D eigenvalue weighted by Gasteiger charge is 2.50. The van der Waals surface area contributed by atoms with Crippen LogP contribution in [0.15, 0.2) is 0 Å². The number of carboxylic acids is 1. The molecule has 0 aromatic rings. The normalized spacial score (nSPS) is 24.6. The third-order valence-corrected chi connectivity index (χ3v) is 4.71. The number of aliphatic carboxylic acids is 1. The zero-order valence-electron chi connectivity index (χ0n) is 14.2. The summed E-state index contributed by atoms with van der Waals surface area (Å²) < 4.78 is 0. The number of rotatable bonds is 5. The van der Waals surface area contributed by atoms with E-state index >= 15 is 0 Å². The summed E-state index contributed by atoms with van der Waals surface area (Å²) in [5.74, 6) is -0.275. The molecule has 1 heterocycles. The van der Waals surface area contributed by atoms with Crippen LogP contribution in [0.2, 0.25) is 0 Å². The van der Waals surface area contributed by atoms with Gasteiger partial charge in [0.15, 0.2) is 0 Å². The highest BCUT2D eigenvalue weighted by atomic mass is 17.2. The van der Waals surface area contributed by atoms with E-state index in [9.17, 15) is 4.79 Å². The van der Waals surface area contributed by atoms with Crippen LogP contribution in [0.3, 0.4) is 0 Å². The Morgan fingerprint density at radius 1 is 1.25 bits per heavy atom. The van der Waals surface area contributed by atoms with Gasteiger partial charge in [0, 0.05) is 11.8 Å². The molecule has 1 fully saturated rings. The molecule has 4 heteroatoms. The summed E-state index contributed by atoms with van der Waals surface area (Å²) >= 11 is 0. The highest BCUT2D eigenvalue weighted by molar-refractivity contribution is 5.66. The largest absolute Gasteiger partial charge is 0.481 e. The number of hydrogen-bond acceptors (Lipinski definition) is 3. The maximum Gasteiger partial charge on any atom is 0.303 e. The van der Waals surface area contributed by atoms with Gasteiger partial charge in [-0.2, -0.15) is 0 Å². The molecule has 0 aromatic carbocycles. The van der Waals surface area contributed by atoms with E-state index in [1.54, 1.807) is 0 Å². The molecule has 1 saturated heterocycles. The summed E-state index contributed by atoms with van der Waals surface area (Å²) in [6, 6.07) is 0. The third-order valence-electron chi connectivity index (χ3n) is 4.71. The Labute approximate surface area is 123 Å². The molecule has 0 radical (unpaired) electrons. The fourth-order valence-electron chi connectivity index (χ4n) is 2.02. The molecule has 4 nitrogen and oxygen atoms in total. The first-order valence-electron chi connectivity index (χ1n) is 7.64. The standard InChI is InChI=1S/2C8H16O2/c1-6-7(2,3)8(4,5)10-9-6;1-3-5-7(4-2)6-8(9)10/h6H,1-5H3;7H,3-6H2,1-2H3,(H,9,10). The van der Waals surface area contributed by atoms with Crippen LogP contribution in [-0.2, 0) is 14.6 Å². The van der Waals surface area contributed by atoms with Gasteiger partial charge in [0.05, 0.1) is 6.10 Å². The maximum absolute atomic E-state index is 10.2. The highest BCUT2D eigenvalue weighted by Crippen LogP contribution is 2.44. The van der Waals surface area contributed by atoms with Crippen molar-refractivity contribution < 1.29 is 19.7 Å². The third kappa shape index (κ3) is 5.41. The van der Waals surface area contributed by atoms with Gasteiger partial charge in [-0.15, -0.1) is 0 Å². The van der Waals surface area contributed by atoms with Crippen LogP contribution in [-0.4, -0.2) is 22.8 Å². The fraction of sp³-hybridized carbons (Fsp3) is 0.938. The first-order chi connectivity index (χ1) is 9.08. The molecule has 2 atom stereocenters. The smallest absolute Gasteiger partial charge is 0.303 e. The van der Waals surface area contributed by atoms with Crippen molar-refractivity contribution in [1.29, 1.82) is 0 Å². The molecule has 20 heavy (non-hydrogen) atoms. The Kier molecular flexibility index (Phi) is 7.74. The van der Waals surface area contributed by atoms with Gasteiger partial charge in [0.25, 0.3) is 0 Å². The van der Waals surface area contributed by atoms with E-state index in [2.05, 4.69) is 34.6 Å². The van der Waals surface area contributed by atoms with Gasteiger partial charge in [-0.25, -0.2) is 9.78 Å². The van der Waals surface area contributed by atoms with Crippen molar-refractivity contribution in [2.75, 3.05) is 0 Å². The van der Waals surface area contributed by atoms with Crippen LogP contribution in [0.4, 0.5) is 0 Å². The zero-order chi connectivity index (χ0) is 16.0. The van der Waals surface area contributed by atoms with Crippen molar-refractivity contribution in [3.05, 3.63) is 0 Å². The SMILES string of the molecule is CC1OOC(C)(C)C1(C)C.CCCC(CC)CC(=O)O. The second-order valence-electron chi connectivity index (χ2n) is 6.71. The molecule has 0 bridgehead atoms. The summed E-state index contributed by atoms with van der Waals surface area (Å²) in [6.07, 6.45) is 3.64. The van der Waals surface area contributed by atoms with Crippen LogP contribution < -0.4 is 0 Å². The minimum atomic E-state index is -0.666. The molecule has 0 spiro atoms. The molecule has 0 amide bonds. The van der Waals surface area contributed by atoms with E-state index in [0.29, 0.717) is 12.3 Å². The Hall–Kier alpha value is -0.610. The quantitative estimate of drug-likeness (QED) is 0.760. The van der Waals surface area contributed by atoms with Gasteiger partial charge >= 0.3 is 5.97 Å². The van der Waals surface area contributed by atoms with E-state index in [1.807, 2.05) is 13.8 Å². The van der Waals surface area contributed by atoms with E-state index in [0.717, 1.165) is 19.3 Å². The lowest BCUT2D eigenvalue weighted by atomic mass is 9.74. The van der Waals surface area contributed by atoms with Crippen LogP contribution in [0.5, 0.6) is 0 Å². The van der Waals surface area contributed by atoms with Crippen LogP contribution in [0.1, 0.15) is 74.1 Å². The van der Waals surface area contributed by atoms with Crippen LogP contribution in [0, 0.1) is 11.3 Å². The number of carbonyl (C=O) groups is 1. The topological polar surface area (TPSA) is 55.8 Å². The van der Waals surface area contributed by atoms with Gasteiger partial charge < -0.3 is 5.11 Å². The number of carboxylic acid groups (broad SMARTS) is 1. The molecule has 0 saturated carbocycles. The summed E-state index contributed by atoms with van der Waals surface area (Å²) in [4.78, 5) is 20.5. The predicted molar refractivity (Wildman–Crippen MR) is 80.4 cm³/mol. The lowest BCUT2D eigenvalue weighted by Gasteiger charge is -2.31. The minimum Gasteiger partial charge on any atom is -0.481 e. The second-order valence-corrected chi connectivity index (χ2v) is 6.71. The molecule has 2 unspecified atom stereocenters. The fourth-order valence-corrected chi connectivity index (χ4v) is 2.02. The Morgan fingerprint density at radius 3 is 2.00 bits per heavy atom. The summed E-state index contributed by atoms with van der Waals surface area (Å²) in [7, 11) is 0. The molecule has 1 N–H and O–H groups in total. The monoisotopic (exact) mass is 288 g/mol. The first kappa shape index (κ1) is 19.4. The molecule has 120 valence electrons. The van der Waals surface area contributed by atoms with Crippen LogP contribution >= 0.6 is 0 Å². The van der Waals surface area contributed by atoms with Crippen LogP contribution in [0.25, 0.3) is 0 Å². The lowest BCUT2D eigenvalue weighted by Crippen LogP contribution is -2.39. The van der Waals surface area contributed by atoms with Crippen molar-refractivity contribution >= 4 is 5.97 Å². The van der Waals surface area contributed by atoms with Crippen molar-refractivity contribution in [3.8, 4) is 0 Å². The Balaban J connectivity index is 0.000000361. The van der Waals surface area contributed by atoms with E-state index < -0.39 is 5.97 Å². The second kappa shape index (κ2) is 7.99. The zero-order valence-corrected chi connectivity index (χ0v) is 14.2. The Bertz CT molecular complexity index is 297. The minimum absolute atomic E-state index is 0.104. The van der Waals surface area contributed by atoms with Gasteiger partial charge in [-0.1, -0.05) is 47.0 Å².